The molecule has 1 aliphatic rings. The van der Waals surface area contributed by atoms with Gasteiger partial charge in [0.15, 0.2) is 0 Å². The van der Waals surface area contributed by atoms with Crippen LogP contribution in [0.4, 0.5) is 15.8 Å². The molecule has 3 aromatic carbocycles. The molecule has 0 aliphatic carbocycles. The molecule has 1 N–H and O–H groups in total. The van der Waals surface area contributed by atoms with Crippen LogP contribution in [0.3, 0.4) is 0 Å². The van der Waals surface area contributed by atoms with Crippen LogP contribution >= 0.6 is 0 Å². The maximum Gasteiger partial charge on any atom is 0.262 e. The smallest absolute Gasteiger partial charge is 0.262 e. The molecule has 130 valence electrons. The molecule has 26 heavy (non-hydrogen) atoms. The monoisotopic (exact) mass is 346 g/mol. The van der Waals surface area contributed by atoms with E-state index in [1.807, 2.05) is 50.2 Å². The summed E-state index contributed by atoms with van der Waals surface area (Å²) in [6, 6.07) is 19.8. The summed E-state index contributed by atoms with van der Waals surface area (Å²) in [7, 11) is 0. The molecule has 0 saturated heterocycles. The van der Waals surface area contributed by atoms with Gasteiger partial charge in [-0.05, 0) is 66.9 Å². The van der Waals surface area contributed by atoms with E-state index < -0.39 is 6.17 Å². The van der Waals surface area contributed by atoms with E-state index in [9.17, 15) is 9.18 Å². The van der Waals surface area contributed by atoms with Gasteiger partial charge in [-0.25, -0.2) is 4.39 Å². The third-order valence-electron chi connectivity index (χ3n) is 4.60. The normalized spacial score (nSPS) is 16.2. The molecular formula is C22H19FN2O. The van der Waals surface area contributed by atoms with Gasteiger partial charge in [-0.3, -0.25) is 9.69 Å². The third kappa shape index (κ3) is 2.84. The number of carbonyl (C=O) groups is 1. The topological polar surface area (TPSA) is 32.3 Å². The third-order valence-corrected chi connectivity index (χ3v) is 4.60. The first kappa shape index (κ1) is 16.3. The molecule has 1 unspecified atom stereocenters. The first-order chi connectivity index (χ1) is 12.5. The lowest BCUT2D eigenvalue weighted by atomic mass is 10.0. The summed E-state index contributed by atoms with van der Waals surface area (Å²) in [6.45, 7) is 4.03. The van der Waals surface area contributed by atoms with Crippen LogP contribution in [0.2, 0.25) is 0 Å². The summed E-state index contributed by atoms with van der Waals surface area (Å²) < 4.78 is 13.4. The number of halogens is 1. The number of para-hydroxylation sites is 1. The lowest BCUT2D eigenvalue weighted by Crippen LogP contribution is -2.43. The first-order valence-corrected chi connectivity index (χ1v) is 8.56. The highest BCUT2D eigenvalue weighted by atomic mass is 19.1. The van der Waals surface area contributed by atoms with E-state index in [0.717, 1.165) is 28.1 Å². The van der Waals surface area contributed by atoms with Gasteiger partial charge >= 0.3 is 0 Å². The average Bonchev–Trinajstić information content (AvgIpc) is 2.61. The number of rotatable bonds is 2. The van der Waals surface area contributed by atoms with Crippen LogP contribution < -0.4 is 10.2 Å². The van der Waals surface area contributed by atoms with Crippen molar-refractivity contribution in [3.05, 3.63) is 94.8 Å². The van der Waals surface area contributed by atoms with Crippen LogP contribution in [-0.4, -0.2) is 5.91 Å². The SMILES string of the molecule is Cc1cc(C)cc(N2C(=O)c3ccccc3NC2c2ccc(F)cc2)c1. The van der Waals surface area contributed by atoms with Crippen LogP contribution in [0.1, 0.15) is 33.2 Å². The summed E-state index contributed by atoms with van der Waals surface area (Å²) in [6.07, 6.45) is -0.404. The molecule has 1 amide bonds. The molecule has 0 saturated carbocycles. The van der Waals surface area contributed by atoms with Crippen LogP contribution in [0.25, 0.3) is 0 Å². The number of amides is 1. The first-order valence-electron chi connectivity index (χ1n) is 8.56. The number of anilines is 2. The van der Waals surface area contributed by atoms with Crippen molar-refractivity contribution in [1.29, 1.82) is 0 Å². The molecule has 3 aromatic rings. The van der Waals surface area contributed by atoms with Crippen molar-refractivity contribution in [3.8, 4) is 0 Å². The van der Waals surface area contributed by atoms with Gasteiger partial charge in [0.2, 0.25) is 0 Å². The second-order valence-corrected chi connectivity index (χ2v) is 6.67. The lowest BCUT2D eigenvalue weighted by Gasteiger charge is -2.38. The molecule has 0 radical (unpaired) electrons. The van der Waals surface area contributed by atoms with Crippen molar-refractivity contribution in [2.45, 2.75) is 20.0 Å². The fourth-order valence-electron chi connectivity index (χ4n) is 3.49. The van der Waals surface area contributed by atoms with Gasteiger partial charge in [-0.15, -0.1) is 0 Å². The number of hydrogen-bond acceptors (Lipinski definition) is 2. The fourth-order valence-corrected chi connectivity index (χ4v) is 3.49. The van der Waals surface area contributed by atoms with E-state index in [-0.39, 0.29) is 11.7 Å². The Labute approximate surface area is 152 Å². The average molecular weight is 346 g/mol. The predicted octanol–water partition coefficient (Wildman–Crippen LogP) is 5.21. The molecule has 0 fully saturated rings. The van der Waals surface area contributed by atoms with E-state index in [1.54, 1.807) is 17.0 Å². The van der Waals surface area contributed by atoms with Crippen molar-refractivity contribution >= 4 is 17.3 Å². The number of benzene rings is 3. The number of nitrogens with zero attached hydrogens (tertiary/aromatic N) is 1. The van der Waals surface area contributed by atoms with Gasteiger partial charge in [-0.2, -0.15) is 0 Å². The summed E-state index contributed by atoms with van der Waals surface area (Å²) >= 11 is 0. The Balaban J connectivity index is 1.88. The molecule has 4 heteroatoms. The molecule has 1 atom stereocenters. The van der Waals surface area contributed by atoms with Crippen molar-refractivity contribution in [3.63, 3.8) is 0 Å². The number of fused-ring (bicyclic) bond motifs is 1. The largest absolute Gasteiger partial charge is 0.360 e. The molecule has 1 heterocycles. The van der Waals surface area contributed by atoms with Gasteiger partial charge in [-0.1, -0.05) is 30.3 Å². The highest BCUT2D eigenvalue weighted by Crippen LogP contribution is 2.37. The molecule has 0 bridgehead atoms. The lowest BCUT2D eigenvalue weighted by molar-refractivity contribution is 0.0975. The van der Waals surface area contributed by atoms with Crippen molar-refractivity contribution < 1.29 is 9.18 Å². The minimum Gasteiger partial charge on any atom is -0.360 e. The highest BCUT2D eigenvalue weighted by molar-refractivity contribution is 6.12. The van der Waals surface area contributed by atoms with E-state index in [2.05, 4.69) is 11.4 Å². The van der Waals surface area contributed by atoms with Crippen LogP contribution in [0, 0.1) is 19.7 Å². The Bertz CT molecular complexity index is 961. The van der Waals surface area contributed by atoms with Gasteiger partial charge < -0.3 is 5.32 Å². The van der Waals surface area contributed by atoms with E-state index in [0.29, 0.717) is 5.56 Å². The van der Waals surface area contributed by atoms with E-state index >= 15 is 0 Å². The zero-order chi connectivity index (χ0) is 18.3. The Morgan fingerprint density at radius 2 is 1.58 bits per heavy atom. The minimum atomic E-state index is -0.404. The van der Waals surface area contributed by atoms with Crippen LogP contribution in [0.5, 0.6) is 0 Å². The Morgan fingerprint density at radius 1 is 0.923 bits per heavy atom. The highest BCUT2D eigenvalue weighted by Gasteiger charge is 2.34. The molecule has 4 rings (SSSR count). The van der Waals surface area contributed by atoms with Gasteiger partial charge in [0.05, 0.1) is 5.56 Å². The van der Waals surface area contributed by atoms with Crippen molar-refractivity contribution in [2.24, 2.45) is 0 Å². The van der Waals surface area contributed by atoms with E-state index in [4.69, 9.17) is 0 Å². The molecule has 1 aliphatic heterocycles. The summed E-state index contributed by atoms with van der Waals surface area (Å²) in [4.78, 5) is 15.0. The standard InChI is InChI=1S/C22H19FN2O/c1-14-11-15(2)13-18(12-14)25-21(16-7-9-17(23)10-8-16)24-20-6-4-3-5-19(20)22(25)26/h3-13,21,24H,1-2H3. The second kappa shape index (κ2) is 6.30. The van der Waals surface area contributed by atoms with Crippen molar-refractivity contribution in [1.82, 2.24) is 0 Å². The summed E-state index contributed by atoms with van der Waals surface area (Å²) in [5.41, 5.74) is 5.24. The quantitative estimate of drug-likeness (QED) is 0.690. The number of carbonyl (C=O) groups excluding carboxylic acids is 1. The molecule has 0 spiro atoms. The van der Waals surface area contributed by atoms with Gasteiger partial charge in [0, 0.05) is 11.4 Å². The molecular weight excluding hydrogens is 327 g/mol. The van der Waals surface area contributed by atoms with Gasteiger partial charge in [0.25, 0.3) is 5.91 Å². The summed E-state index contributed by atoms with van der Waals surface area (Å²) in [5, 5.41) is 3.43. The Hall–Kier alpha value is -3.14. The fraction of sp³-hybridized carbons (Fsp3) is 0.136. The van der Waals surface area contributed by atoms with Crippen molar-refractivity contribution in [2.75, 3.05) is 10.2 Å². The van der Waals surface area contributed by atoms with Crippen LogP contribution in [0.15, 0.2) is 66.7 Å². The Morgan fingerprint density at radius 3 is 2.27 bits per heavy atom. The maximum atomic E-state index is 13.4. The molecule has 0 aromatic heterocycles. The summed E-state index contributed by atoms with van der Waals surface area (Å²) in [5.74, 6) is -0.368. The number of hydrogen-bond donors (Lipinski definition) is 1. The zero-order valence-corrected chi connectivity index (χ0v) is 14.7. The Kier molecular flexibility index (Phi) is 3.96. The van der Waals surface area contributed by atoms with E-state index in [1.165, 1.54) is 12.1 Å². The van der Waals surface area contributed by atoms with Gasteiger partial charge in [0.1, 0.15) is 12.0 Å². The maximum absolute atomic E-state index is 13.4. The number of aryl methyl sites for hydroxylation is 2. The minimum absolute atomic E-state index is 0.0707. The second-order valence-electron chi connectivity index (χ2n) is 6.67. The zero-order valence-electron chi connectivity index (χ0n) is 14.7. The molecule has 3 nitrogen and oxygen atoms in total. The predicted molar refractivity (Wildman–Crippen MR) is 102 cm³/mol. The van der Waals surface area contributed by atoms with Crippen LogP contribution in [-0.2, 0) is 0 Å². The number of nitrogens with one attached hydrogen (secondary N) is 1.